The van der Waals surface area contributed by atoms with E-state index in [2.05, 4.69) is 5.32 Å². The molecule has 1 saturated heterocycles. The van der Waals surface area contributed by atoms with Gasteiger partial charge in [-0.05, 0) is 50.9 Å². The van der Waals surface area contributed by atoms with Gasteiger partial charge in [-0.25, -0.2) is 4.79 Å². The number of esters is 1. The van der Waals surface area contributed by atoms with Crippen LogP contribution in [0.25, 0.3) is 0 Å². The fourth-order valence-electron chi connectivity index (χ4n) is 3.20. The number of ether oxygens (including phenoxy) is 3. The second-order valence-electron chi connectivity index (χ2n) is 6.66. The summed E-state index contributed by atoms with van der Waals surface area (Å²) in [5.41, 5.74) is -0.634. The largest absolute Gasteiger partial charge is 0.468 e. The summed E-state index contributed by atoms with van der Waals surface area (Å²) in [6.45, 7) is 1.82. The number of rotatable bonds is 8. The Morgan fingerprint density at radius 2 is 2.05 bits per heavy atom. The average Bonchev–Trinajstić information content (AvgIpc) is 3.39. The third-order valence-corrected chi connectivity index (χ3v) is 4.77. The zero-order valence-corrected chi connectivity index (χ0v) is 12.9. The van der Waals surface area contributed by atoms with Crippen LogP contribution in [-0.4, -0.2) is 50.6 Å². The lowest BCUT2D eigenvalue weighted by Crippen LogP contribution is -2.59. The van der Waals surface area contributed by atoms with Crippen LogP contribution in [0.5, 0.6) is 0 Å². The number of carbonyl (C=O) groups is 1. The molecular weight excluding hydrogens is 270 g/mol. The van der Waals surface area contributed by atoms with E-state index >= 15 is 0 Å². The van der Waals surface area contributed by atoms with Crippen LogP contribution in [0.2, 0.25) is 0 Å². The highest BCUT2D eigenvalue weighted by molar-refractivity contribution is 5.82. The molecule has 0 spiro atoms. The number of methoxy groups -OCH3 is 1. The molecule has 1 aliphatic heterocycles. The van der Waals surface area contributed by atoms with E-state index in [0.29, 0.717) is 25.2 Å². The quantitative estimate of drug-likeness (QED) is 0.690. The fraction of sp³-hybridized carbons (Fsp3) is 0.938. The van der Waals surface area contributed by atoms with Gasteiger partial charge < -0.3 is 14.2 Å². The van der Waals surface area contributed by atoms with Gasteiger partial charge in [-0.2, -0.15) is 0 Å². The van der Waals surface area contributed by atoms with Crippen molar-refractivity contribution in [3.05, 3.63) is 0 Å². The molecule has 120 valence electrons. The zero-order chi connectivity index (χ0) is 14.7. The molecule has 0 amide bonds. The molecule has 3 rings (SSSR count). The van der Waals surface area contributed by atoms with E-state index in [1.54, 1.807) is 0 Å². The van der Waals surface area contributed by atoms with Gasteiger partial charge in [0, 0.05) is 12.6 Å². The Balaban J connectivity index is 1.56. The molecule has 1 N–H and O–H groups in total. The van der Waals surface area contributed by atoms with Crippen LogP contribution in [0, 0.1) is 5.92 Å². The molecule has 1 heterocycles. The number of hydrogen-bond acceptors (Lipinski definition) is 5. The maximum Gasteiger partial charge on any atom is 0.328 e. The lowest BCUT2D eigenvalue weighted by atomic mass is 9.93. The van der Waals surface area contributed by atoms with Crippen molar-refractivity contribution in [2.75, 3.05) is 26.9 Å². The zero-order valence-electron chi connectivity index (χ0n) is 12.9. The number of hydrogen-bond donors (Lipinski definition) is 1. The highest BCUT2D eigenvalue weighted by atomic mass is 16.5. The summed E-state index contributed by atoms with van der Waals surface area (Å²) in [6, 6.07) is 0.458. The molecule has 21 heavy (non-hydrogen) atoms. The maximum absolute atomic E-state index is 12.4. The van der Waals surface area contributed by atoms with E-state index in [4.69, 9.17) is 14.2 Å². The molecule has 3 aliphatic rings. The average molecular weight is 297 g/mol. The molecule has 2 atom stereocenters. The van der Waals surface area contributed by atoms with Crippen molar-refractivity contribution in [1.82, 2.24) is 5.32 Å². The van der Waals surface area contributed by atoms with Gasteiger partial charge in [0.1, 0.15) is 5.54 Å². The predicted molar refractivity (Wildman–Crippen MR) is 78.0 cm³/mol. The van der Waals surface area contributed by atoms with Crippen LogP contribution >= 0.6 is 0 Å². The van der Waals surface area contributed by atoms with Gasteiger partial charge in [-0.3, -0.25) is 5.32 Å². The Morgan fingerprint density at radius 1 is 1.24 bits per heavy atom. The Kier molecular flexibility index (Phi) is 4.82. The van der Waals surface area contributed by atoms with Crippen molar-refractivity contribution in [2.24, 2.45) is 5.92 Å². The summed E-state index contributed by atoms with van der Waals surface area (Å²) in [4.78, 5) is 12.4. The third-order valence-electron chi connectivity index (χ3n) is 4.77. The monoisotopic (exact) mass is 297 g/mol. The number of nitrogens with one attached hydrogen (secondary N) is 1. The van der Waals surface area contributed by atoms with E-state index in [9.17, 15) is 4.79 Å². The van der Waals surface area contributed by atoms with Crippen LogP contribution in [0.4, 0.5) is 0 Å². The van der Waals surface area contributed by atoms with Gasteiger partial charge in [-0.15, -0.1) is 0 Å². The lowest BCUT2D eigenvalue weighted by Gasteiger charge is -2.33. The Morgan fingerprint density at radius 3 is 2.62 bits per heavy atom. The lowest BCUT2D eigenvalue weighted by molar-refractivity contribution is -0.154. The first-order valence-corrected chi connectivity index (χ1v) is 8.30. The molecule has 2 unspecified atom stereocenters. The Bertz CT molecular complexity index is 361. The van der Waals surface area contributed by atoms with Gasteiger partial charge in [0.15, 0.2) is 0 Å². The Labute approximate surface area is 126 Å². The summed E-state index contributed by atoms with van der Waals surface area (Å²) < 4.78 is 16.7. The normalized spacial score (nSPS) is 28.9. The van der Waals surface area contributed by atoms with Crippen LogP contribution in [-0.2, 0) is 19.0 Å². The predicted octanol–water partition coefficient (Wildman–Crippen LogP) is 1.65. The summed E-state index contributed by atoms with van der Waals surface area (Å²) in [7, 11) is 1.47. The standard InChI is InChI=1S/C16H27NO4/c1-19-15(18)16(12-5-6-12,17-13-7-8-13)11-20-10-14-4-2-3-9-21-14/h12-14,17H,2-11H2,1H3. The molecule has 5 heteroatoms. The van der Waals surface area contributed by atoms with Crippen molar-refractivity contribution in [3.8, 4) is 0 Å². The highest BCUT2D eigenvalue weighted by Crippen LogP contribution is 2.42. The highest BCUT2D eigenvalue weighted by Gasteiger charge is 2.54. The molecule has 3 fully saturated rings. The molecule has 2 aliphatic carbocycles. The van der Waals surface area contributed by atoms with Crippen LogP contribution in [0.15, 0.2) is 0 Å². The summed E-state index contributed by atoms with van der Waals surface area (Å²) in [5.74, 6) is 0.194. The van der Waals surface area contributed by atoms with Crippen molar-refractivity contribution in [1.29, 1.82) is 0 Å². The first-order valence-electron chi connectivity index (χ1n) is 8.30. The van der Waals surface area contributed by atoms with Crippen LogP contribution in [0.1, 0.15) is 44.9 Å². The molecule has 0 aromatic heterocycles. The van der Waals surface area contributed by atoms with Crippen LogP contribution in [0.3, 0.4) is 0 Å². The molecule has 0 radical (unpaired) electrons. The van der Waals surface area contributed by atoms with Gasteiger partial charge >= 0.3 is 5.97 Å². The van der Waals surface area contributed by atoms with Gasteiger partial charge in [0.2, 0.25) is 0 Å². The molecule has 0 aromatic rings. The van der Waals surface area contributed by atoms with Gasteiger partial charge in [-0.1, -0.05) is 0 Å². The minimum atomic E-state index is -0.634. The smallest absolute Gasteiger partial charge is 0.328 e. The third kappa shape index (κ3) is 3.76. The Hall–Kier alpha value is -0.650. The summed E-state index contributed by atoms with van der Waals surface area (Å²) in [5, 5.41) is 3.51. The molecule has 0 aromatic carbocycles. The second-order valence-corrected chi connectivity index (χ2v) is 6.66. The molecular formula is C16H27NO4. The van der Waals surface area contributed by atoms with Crippen molar-refractivity contribution in [2.45, 2.75) is 62.6 Å². The second kappa shape index (κ2) is 6.63. The van der Waals surface area contributed by atoms with Crippen LogP contribution < -0.4 is 5.32 Å². The van der Waals surface area contributed by atoms with E-state index < -0.39 is 5.54 Å². The van der Waals surface area contributed by atoms with E-state index in [-0.39, 0.29) is 12.1 Å². The summed E-state index contributed by atoms with van der Waals surface area (Å²) in [6.07, 6.45) is 8.07. The fourth-order valence-corrected chi connectivity index (χ4v) is 3.20. The minimum Gasteiger partial charge on any atom is -0.468 e. The van der Waals surface area contributed by atoms with Crippen molar-refractivity contribution in [3.63, 3.8) is 0 Å². The minimum absolute atomic E-state index is 0.165. The van der Waals surface area contributed by atoms with E-state index in [0.717, 1.165) is 45.1 Å². The molecule has 5 nitrogen and oxygen atoms in total. The topological polar surface area (TPSA) is 56.8 Å². The first-order chi connectivity index (χ1) is 10.2. The van der Waals surface area contributed by atoms with Gasteiger partial charge in [0.25, 0.3) is 0 Å². The van der Waals surface area contributed by atoms with Crippen molar-refractivity contribution >= 4 is 5.97 Å². The number of carbonyl (C=O) groups excluding carboxylic acids is 1. The van der Waals surface area contributed by atoms with Gasteiger partial charge in [0.05, 0.1) is 26.4 Å². The molecule has 0 bridgehead atoms. The first kappa shape index (κ1) is 15.3. The molecule has 2 saturated carbocycles. The SMILES string of the molecule is COC(=O)C(COCC1CCCCO1)(NC1CC1)C1CC1. The summed E-state index contributed by atoms with van der Waals surface area (Å²) >= 11 is 0. The van der Waals surface area contributed by atoms with Crippen molar-refractivity contribution < 1.29 is 19.0 Å². The van der Waals surface area contributed by atoms with E-state index in [1.807, 2.05) is 0 Å². The van der Waals surface area contributed by atoms with E-state index in [1.165, 1.54) is 13.5 Å². The maximum atomic E-state index is 12.4.